The predicted molar refractivity (Wildman–Crippen MR) is 340 cm³/mol. The second-order valence-electron chi connectivity index (χ2n) is 22.0. The maximum atomic E-state index is 13.2. The maximum Gasteiger partial charge on any atom is 0.335 e. The second kappa shape index (κ2) is 57.8. The lowest BCUT2D eigenvalue weighted by molar-refractivity contribution is -0.301. The van der Waals surface area contributed by atoms with Gasteiger partial charge >= 0.3 is 23.9 Å². The molecule has 1 rings (SSSR count). The average molecular weight is 1160 g/mol. The van der Waals surface area contributed by atoms with Crippen molar-refractivity contribution in [2.75, 3.05) is 13.2 Å². The fourth-order valence-corrected chi connectivity index (χ4v) is 9.30. The molecule has 6 atom stereocenters. The minimum atomic E-state index is -1.94. The number of hydrogen-bond donors (Lipinski definition) is 3. The lowest BCUT2D eigenvalue weighted by Crippen LogP contribution is -2.61. The smallest absolute Gasteiger partial charge is 0.335 e. The molecule has 1 fully saturated rings. The summed E-state index contributed by atoms with van der Waals surface area (Å²) in [6, 6.07) is 0. The van der Waals surface area contributed by atoms with E-state index in [0.29, 0.717) is 25.7 Å². The molecule has 1 saturated heterocycles. The van der Waals surface area contributed by atoms with E-state index in [4.69, 9.17) is 23.7 Å². The number of aliphatic carboxylic acids is 1. The SMILES string of the molecule is CC/C=C\C/C=C\C/C=C\C/C=C\C/C=C\C/C=C\CCC(=O)OC1C(OCC(COC(=O)CCCCCCCCCCC/C=C\CCCCCCCC)OC(=O)CCCCCCC/C=C\C/C=C\CCCCC)OC(C(=O)O)C(O)C1O. The summed E-state index contributed by atoms with van der Waals surface area (Å²) in [5.41, 5.74) is 0. The Kier molecular flexibility index (Phi) is 53.2. The van der Waals surface area contributed by atoms with Crippen LogP contribution in [0, 0.1) is 0 Å². The Bertz CT molecular complexity index is 1860. The van der Waals surface area contributed by atoms with E-state index in [1.54, 1.807) is 0 Å². The van der Waals surface area contributed by atoms with Crippen LogP contribution in [0.4, 0.5) is 0 Å². The molecule has 12 nitrogen and oxygen atoms in total. The van der Waals surface area contributed by atoms with Crippen LogP contribution in [0.25, 0.3) is 0 Å². The van der Waals surface area contributed by atoms with E-state index in [1.807, 2.05) is 18.2 Å². The molecular formula is C71H116O12. The minimum absolute atomic E-state index is 0.0708. The van der Waals surface area contributed by atoms with E-state index < -0.39 is 67.3 Å². The number of rotatable bonds is 55. The number of aliphatic hydroxyl groups is 2. The van der Waals surface area contributed by atoms with Crippen molar-refractivity contribution in [1.29, 1.82) is 0 Å². The lowest BCUT2D eigenvalue weighted by Gasteiger charge is -2.40. The molecule has 472 valence electrons. The summed E-state index contributed by atoms with van der Waals surface area (Å²) in [5, 5.41) is 31.6. The Morgan fingerprint density at radius 1 is 0.410 bits per heavy atom. The number of carbonyl (C=O) groups is 4. The number of hydrogen-bond acceptors (Lipinski definition) is 11. The monoisotopic (exact) mass is 1160 g/mol. The molecule has 1 aliphatic heterocycles. The molecule has 0 radical (unpaired) electrons. The highest BCUT2D eigenvalue weighted by Gasteiger charge is 2.50. The van der Waals surface area contributed by atoms with Gasteiger partial charge in [0.2, 0.25) is 0 Å². The van der Waals surface area contributed by atoms with Gasteiger partial charge in [-0.1, -0.05) is 239 Å². The van der Waals surface area contributed by atoms with Crippen molar-refractivity contribution in [1.82, 2.24) is 0 Å². The third-order valence-electron chi connectivity index (χ3n) is 14.3. The Balaban J connectivity index is 2.70. The van der Waals surface area contributed by atoms with Gasteiger partial charge in [0, 0.05) is 19.3 Å². The lowest BCUT2D eigenvalue weighted by atomic mass is 9.98. The molecule has 1 aliphatic rings. The first kappa shape index (κ1) is 76.4. The zero-order chi connectivity index (χ0) is 60.3. The number of carbonyl (C=O) groups excluding carboxylic acids is 3. The van der Waals surface area contributed by atoms with Crippen LogP contribution in [0.15, 0.2) is 109 Å². The van der Waals surface area contributed by atoms with Crippen molar-refractivity contribution in [3.05, 3.63) is 109 Å². The van der Waals surface area contributed by atoms with Gasteiger partial charge in [-0.25, -0.2) is 4.79 Å². The van der Waals surface area contributed by atoms with E-state index in [1.165, 1.54) is 103 Å². The van der Waals surface area contributed by atoms with Crippen molar-refractivity contribution in [2.45, 2.75) is 302 Å². The van der Waals surface area contributed by atoms with Gasteiger partial charge in [0.25, 0.3) is 0 Å². The van der Waals surface area contributed by atoms with Gasteiger partial charge in [0.1, 0.15) is 18.8 Å². The van der Waals surface area contributed by atoms with Gasteiger partial charge in [-0.2, -0.15) is 0 Å². The Morgan fingerprint density at radius 3 is 1.24 bits per heavy atom. The molecular weight excluding hydrogens is 1040 g/mol. The summed E-state index contributed by atoms with van der Waals surface area (Å²) < 4.78 is 28.4. The first-order valence-electron chi connectivity index (χ1n) is 32.9. The molecule has 0 aromatic rings. The molecule has 0 aromatic heterocycles. The molecule has 12 heteroatoms. The number of carboxylic acids is 1. The summed E-state index contributed by atoms with van der Waals surface area (Å²) >= 11 is 0. The summed E-state index contributed by atoms with van der Waals surface area (Å²) in [7, 11) is 0. The normalized spacial score (nSPS) is 18.3. The van der Waals surface area contributed by atoms with Crippen LogP contribution >= 0.6 is 0 Å². The molecule has 0 aromatic carbocycles. The van der Waals surface area contributed by atoms with Crippen LogP contribution in [-0.2, 0) is 42.9 Å². The van der Waals surface area contributed by atoms with Crippen LogP contribution in [-0.4, -0.2) is 89.2 Å². The van der Waals surface area contributed by atoms with Gasteiger partial charge in [-0.05, 0) is 116 Å². The van der Waals surface area contributed by atoms with Gasteiger partial charge in [-0.15, -0.1) is 0 Å². The van der Waals surface area contributed by atoms with Gasteiger partial charge in [0.05, 0.1) is 6.61 Å². The van der Waals surface area contributed by atoms with Gasteiger partial charge in [-0.3, -0.25) is 14.4 Å². The first-order valence-corrected chi connectivity index (χ1v) is 32.9. The largest absolute Gasteiger partial charge is 0.479 e. The molecule has 83 heavy (non-hydrogen) atoms. The van der Waals surface area contributed by atoms with E-state index in [9.17, 15) is 34.5 Å². The molecule has 0 amide bonds. The third-order valence-corrected chi connectivity index (χ3v) is 14.3. The molecule has 1 heterocycles. The zero-order valence-corrected chi connectivity index (χ0v) is 52.2. The van der Waals surface area contributed by atoms with Crippen molar-refractivity contribution in [3.8, 4) is 0 Å². The van der Waals surface area contributed by atoms with Crippen LogP contribution in [0.1, 0.15) is 265 Å². The Hall–Kier alpha value is -4.62. The highest BCUT2D eigenvalue weighted by atomic mass is 16.7. The van der Waals surface area contributed by atoms with E-state index in [0.717, 1.165) is 96.3 Å². The topological polar surface area (TPSA) is 175 Å². The average Bonchev–Trinajstić information content (AvgIpc) is 3.60. The van der Waals surface area contributed by atoms with Gasteiger partial charge < -0.3 is 39.0 Å². The second-order valence-corrected chi connectivity index (χ2v) is 22.0. The van der Waals surface area contributed by atoms with Crippen LogP contribution in [0.5, 0.6) is 0 Å². The third kappa shape index (κ3) is 47.3. The summed E-state index contributed by atoms with van der Waals surface area (Å²) in [4.78, 5) is 51.3. The molecule has 6 unspecified atom stereocenters. The Morgan fingerprint density at radius 2 is 0.783 bits per heavy atom. The van der Waals surface area contributed by atoms with E-state index in [-0.39, 0.29) is 25.9 Å². The zero-order valence-electron chi connectivity index (χ0n) is 52.2. The quantitative estimate of drug-likeness (QED) is 0.0228. The van der Waals surface area contributed by atoms with Crippen molar-refractivity contribution >= 4 is 23.9 Å². The van der Waals surface area contributed by atoms with Crippen LogP contribution < -0.4 is 0 Å². The standard InChI is InChI=1S/C71H116O12/c1-4-7-10-13-16-19-22-25-28-30-32-34-37-39-42-45-48-51-54-57-63(72)79-60-62(81-64(73)58-55-52-49-46-43-40-36-27-24-21-18-15-12-9-6-3)61-80-71-69(67(76)66(75)68(83-71)70(77)78)82-65(74)59-56-53-50-47-44-41-38-35-33-31-29-26-23-20-17-14-11-8-5-2/h8,11,17-18,20-21,25-29,33,35-36,41,44,50,53,62,66-69,71,75-76H,4-7,9-10,12-16,19,22-24,30-32,34,37-40,42-43,45-49,51-52,54-61H2,1-3H3,(H,77,78)/b11-8-,20-17-,21-18-,28-25-,29-26-,35-33-,36-27-,44-41-,53-50-. The van der Waals surface area contributed by atoms with Crippen molar-refractivity contribution < 1.29 is 58.2 Å². The number of esters is 3. The number of carboxylic acid groups (broad SMARTS) is 1. The maximum absolute atomic E-state index is 13.2. The highest BCUT2D eigenvalue weighted by Crippen LogP contribution is 2.26. The van der Waals surface area contributed by atoms with Crippen molar-refractivity contribution in [3.63, 3.8) is 0 Å². The molecule has 0 bridgehead atoms. The molecule has 0 aliphatic carbocycles. The number of allylic oxidation sites excluding steroid dienone is 18. The van der Waals surface area contributed by atoms with Crippen LogP contribution in [0.3, 0.4) is 0 Å². The summed E-state index contributed by atoms with van der Waals surface area (Å²) in [6.07, 6.45) is 66.3. The predicted octanol–water partition coefficient (Wildman–Crippen LogP) is 17.8. The fraction of sp³-hybridized carbons (Fsp3) is 0.690. The number of ether oxygens (including phenoxy) is 5. The number of unbranched alkanes of at least 4 members (excludes halogenated alkanes) is 23. The fourth-order valence-electron chi connectivity index (χ4n) is 9.30. The van der Waals surface area contributed by atoms with Crippen molar-refractivity contribution in [2.24, 2.45) is 0 Å². The number of aliphatic hydroxyl groups excluding tert-OH is 2. The highest BCUT2D eigenvalue weighted by molar-refractivity contribution is 5.74. The molecule has 0 saturated carbocycles. The summed E-state index contributed by atoms with van der Waals surface area (Å²) in [6.45, 7) is 5.83. The molecule has 3 N–H and O–H groups in total. The molecule has 0 spiro atoms. The van der Waals surface area contributed by atoms with E-state index in [2.05, 4.69) is 112 Å². The van der Waals surface area contributed by atoms with E-state index >= 15 is 0 Å². The minimum Gasteiger partial charge on any atom is -0.479 e. The van der Waals surface area contributed by atoms with Gasteiger partial charge in [0.15, 0.2) is 24.6 Å². The van der Waals surface area contributed by atoms with Crippen LogP contribution in [0.2, 0.25) is 0 Å². The first-order chi connectivity index (χ1) is 40.6. The Labute approximate surface area is 504 Å². The summed E-state index contributed by atoms with van der Waals surface area (Å²) in [5.74, 6) is -3.25.